The maximum Gasteiger partial charge on any atom is 0.258 e. The monoisotopic (exact) mass is 928 g/mol. The number of nitrogen functional groups attached to an aromatic ring is 1. The number of nitrogens with two attached hydrogens (primary N) is 1. The second kappa shape index (κ2) is 19.6. The van der Waals surface area contributed by atoms with Crippen LogP contribution in [0.2, 0.25) is 0 Å². The number of benzene rings is 2. The molecule has 8 heterocycles. The quantitative estimate of drug-likeness (QED) is 0.212. The highest BCUT2D eigenvalue weighted by molar-refractivity contribution is 5.97. The third kappa shape index (κ3) is 9.57. The van der Waals surface area contributed by atoms with Gasteiger partial charge in [0.05, 0.1) is 30.0 Å². The maximum absolute atomic E-state index is 13.9. The number of morpholine rings is 1. The zero-order chi connectivity index (χ0) is 47.1. The molecule has 4 aromatic rings. The van der Waals surface area contributed by atoms with Crippen LogP contribution in [0.1, 0.15) is 102 Å². The average Bonchev–Trinajstić information content (AvgIpc) is 3.80. The molecule has 360 valence electrons. The van der Waals surface area contributed by atoms with E-state index in [1.807, 2.05) is 18.7 Å². The Morgan fingerprint density at radius 2 is 1.38 bits per heavy atom. The zero-order valence-corrected chi connectivity index (χ0v) is 39.5. The molecule has 0 aliphatic carbocycles. The van der Waals surface area contributed by atoms with Gasteiger partial charge in [-0.05, 0) is 92.3 Å². The lowest BCUT2D eigenvalue weighted by molar-refractivity contribution is -0.144. The molecule has 3 amide bonds. The number of hydrogen-bond donors (Lipinski definition) is 3. The highest BCUT2D eigenvalue weighted by atomic mass is 16.5. The van der Waals surface area contributed by atoms with Gasteiger partial charge in [-0.2, -0.15) is 0 Å². The smallest absolute Gasteiger partial charge is 0.258 e. The van der Waals surface area contributed by atoms with E-state index in [1.54, 1.807) is 23.4 Å². The van der Waals surface area contributed by atoms with Crippen molar-refractivity contribution in [1.29, 1.82) is 0 Å². The van der Waals surface area contributed by atoms with E-state index in [-0.39, 0.29) is 58.5 Å². The summed E-state index contributed by atoms with van der Waals surface area (Å²) in [6.07, 6.45) is 9.16. The molecule has 0 atom stereocenters. The van der Waals surface area contributed by atoms with Crippen molar-refractivity contribution in [3.63, 3.8) is 0 Å². The van der Waals surface area contributed by atoms with Crippen molar-refractivity contribution in [2.24, 2.45) is 11.8 Å². The third-order valence-electron chi connectivity index (χ3n) is 15.4. The lowest BCUT2D eigenvalue weighted by atomic mass is 9.90. The number of aromatic hydroxyl groups is 2. The van der Waals surface area contributed by atoms with Gasteiger partial charge in [-0.3, -0.25) is 24.2 Å². The van der Waals surface area contributed by atoms with E-state index in [9.17, 15) is 24.6 Å². The summed E-state index contributed by atoms with van der Waals surface area (Å²) in [7, 11) is 0. The first kappa shape index (κ1) is 45.9. The van der Waals surface area contributed by atoms with Crippen LogP contribution < -0.4 is 10.6 Å². The number of rotatable bonds is 9. The fraction of sp³-hybridized carbons (Fsp3) is 0.549. The summed E-state index contributed by atoms with van der Waals surface area (Å²) >= 11 is 0. The number of carbonyl (C=O) groups excluding carboxylic acids is 3. The summed E-state index contributed by atoms with van der Waals surface area (Å²) in [6, 6.07) is 9.66. The van der Waals surface area contributed by atoms with E-state index in [2.05, 4.69) is 47.8 Å². The molecule has 0 spiro atoms. The van der Waals surface area contributed by atoms with Gasteiger partial charge in [0.25, 0.3) is 5.91 Å². The molecule has 0 saturated carbocycles. The molecule has 17 heteroatoms. The Balaban J connectivity index is 0.669. The van der Waals surface area contributed by atoms with Gasteiger partial charge in [-0.25, -0.2) is 19.9 Å². The number of phenols is 2. The molecule has 10 rings (SSSR count). The topological polar surface area (TPSA) is 198 Å². The van der Waals surface area contributed by atoms with Crippen LogP contribution in [0.4, 0.5) is 11.8 Å². The minimum atomic E-state index is -0.251. The van der Waals surface area contributed by atoms with E-state index in [1.165, 1.54) is 17.2 Å². The number of carbonyl (C=O) groups is 3. The van der Waals surface area contributed by atoms with Crippen LogP contribution >= 0.6 is 0 Å². The van der Waals surface area contributed by atoms with Crippen molar-refractivity contribution < 1.29 is 29.3 Å². The SMILES string of the molecule is CC(C)c1cc(C(=O)N2Cc3ccc(CN4CCC(C(=O)N5CCC(C(=O)N6CCC(N7CCc8c(nc(-c9cnc(N)nc9)nc8N8CCOCC8)C7)CC6)CC5)CC4)cc3C2)c(O)cc1O. The Morgan fingerprint density at radius 1 is 0.735 bits per heavy atom. The number of piperidine rings is 3. The van der Waals surface area contributed by atoms with Gasteiger partial charge in [-0.1, -0.05) is 32.0 Å². The van der Waals surface area contributed by atoms with Crippen LogP contribution in [0, 0.1) is 11.8 Å². The highest BCUT2D eigenvalue weighted by Crippen LogP contribution is 2.36. The van der Waals surface area contributed by atoms with Gasteiger partial charge >= 0.3 is 0 Å². The van der Waals surface area contributed by atoms with Crippen LogP contribution in [0.25, 0.3) is 11.4 Å². The largest absolute Gasteiger partial charge is 0.508 e. The Kier molecular flexibility index (Phi) is 13.2. The number of hydrogen-bond acceptors (Lipinski definition) is 14. The molecule has 0 radical (unpaired) electrons. The summed E-state index contributed by atoms with van der Waals surface area (Å²) in [5.74, 6) is 1.78. The average molecular weight is 928 g/mol. The van der Waals surface area contributed by atoms with Crippen molar-refractivity contribution in [3.8, 4) is 22.9 Å². The number of ether oxygens (including phenoxy) is 1. The van der Waals surface area contributed by atoms with Gasteiger partial charge in [0.2, 0.25) is 17.8 Å². The van der Waals surface area contributed by atoms with Gasteiger partial charge in [0.1, 0.15) is 17.3 Å². The predicted octanol–water partition coefficient (Wildman–Crippen LogP) is 4.54. The normalized spacial score (nSPS) is 20.2. The molecular formula is C51H65N11O6. The number of amides is 3. The van der Waals surface area contributed by atoms with Gasteiger partial charge in [0.15, 0.2) is 5.82 Å². The Morgan fingerprint density at radius 3 is 2.06 bits per heavy atom. The molecule has 4 fully saturated rings. The minimum Gasteiger partial charge on any atom is -0.508 e. The Bertz CT molecular complexity index is 2510. The second-order valence-corrected chi connectivity index (χ2v) is 20.0. The lowest BCUT2D eigenvalue weighted by Gasteiger charge is -2.42. The van der Waals surface area contributed by atoms with E-state index < -0.39 is 0 Å². The summed E-state index contributed by atoms with van der Waals surface area (Å²) in [5.41, 5.74) is 13.0. The van der Waals surface area contributed by atoms with Crippen molar-refractivity contribution in [1.82, 2.24) is 44.4 Å². The summed E-state index contributed by atoms with van der Waals surface area (Å²) in [5, 5.41) is 20.8. The molecular weight excluding hydrogens is 863 g/mol. The molecule has 68 heavy (non-hydrogen) atoms. The van der Waals surface area contributed by atoms with Crippen LogP contribution in [0.15, 0.2) is 42.7 Å². The van der Waals surface area contributed by atoms with Crippen LogP contribution in [0.3, 0.4) is 0 Å². The number of likely N-dealkylation sites (tertiary alicyclic amines) is 3. The molecule has 0 unspecified atom stereocenters. The van der Waals surface area contributed by atoms with Crippen molar-refractivity contribution in [3.05, 3.63) is 81.8 Å². The van der Waals surface area contributed by atoms with Crippen molar-refractivity contribution in [2.45, 2.75) is 96.9 Å². The highest BCUT2D eigenvalue weighted by Gasteiger charge is 2.37. The van der Waals surface area contributed by atoms with Crippen LogP contribution in [-0.2, 0) is 46.9 Å². The number of fused-ring (bicyclic) bond motifs is 2. The first-order chi connectivity index (χ1) is 32.9. The summed E-state index contributed by atoms with van der Waals surface area (Å²) in [4.78, 5) is 72.8. The van der Waals surface area contributed by atoms with E-state index in [0.29, 0.717) is 56.8 Å². The fourth-order valence-corrected chi connectivity index (χ4v) is 11.4. The number of phenolic OH excluding ortho intramolecular Hbond substituents is 2. The molecule has 4 saturated heterocycles. The molecule has 17 nitrogen and oxygen atoms in total. The first-order valence-electron chi connectivity index (χ1n) is 24.8. The second-order valence-electron chi connectivity index (χ2n) is 20.0. The van der Waals surface area contributed by atoms with E-state index in [4.69, 9.17) is 20.4 Å². The first-order valence-corrected chi connectivity index (χ1v) is 24.8. The van der Waals surface area contributed by atoms with Gasteiger partial charge < -0.3 is 40.3 Å². The summed E-state index contributed by atoms with van der Waals surface area (Å²) < 4.78 is 5.65. The molecule has 2 aromatic heterocycles. The standard InChI is InChI=1S/C51H65N11O6/c1-32(2)41-24-42(45(64)25-44(41)63)50(67)62-29-36-4-3-33(23-37(36)30-62)28-57-12-5-34(6-13-57)48(65)59-14-7-35(8-15-59)49(66)60-16-9-39(10-17-60)61-18-11-40-43(31-61)55-46(38-26-53-51(52)54-27-38)56-47(40)58-19-21-68-22-20-58/h3-4,23-27,32,34-35,39,63-64H,5-22,28-31H2,1-2H3,(H2,52,53,54). The van der Waals surface area contributed by atoms with Crippen LogP contribution in [-0.4, -0.2) is 151 Å². The Hall–Kier alpha value is -5.91. The number of nitrogens with zero attached hydrogens (tertiary/aromatic N) is 10. The maximum atomic E-state index is 13.9. The van der Waals surface area contributed by atoms with Crippen molar-refractivity contribution >= 4 is 29.5 Å². The van der Waals surface area contributed by atoms with Gasteiger partial charge in [0, 0.05) is 114 Å². The molecule has 2 aromatic carbocycles. The fourth-order valence-electron chi connectivity index (χ4n) is 11.4. The van der Waals surface area contributed by atoms with Crippen molar-refractivity contribution in [2.75, 3.05) is 82.8 Å². The summed E-state index contributed by atoms with van der Waals surface area (Å²) in [6.45, 7) is 14.6. The third-order valence-corrected chi connectivity index (χ3v) is 15.4. The molecule has 6 aliphatic heterocycles. The zero-order valence-electron chi connectivity index (χ0n) is 39.5. The van der Waals surface area contributed by atoms with E-state index in [0.717, 1.165) is 132 Å². The van der Waals surface area contributed by atoms with Gasteiger partial charge in [-0.15, -0.1) is 0 Å². The molecule has 6 aliphatic rings. The van der Waals surface area contributed by atoms with E-state index >= 15 is 0 Å². The number of anilines is 2. The Labute approximate surface area is 398 Å². The number of aromatic nitrogens is 4. The minimum absolute atomic E-state index is 0.00197. The predicted molar refractivity (Wildman–Crippen MR) is 255 cm³/mol. The molecule has 4 N–H and O–H groups in total. The lowest BCUT2D eigenvalue weighted by Crippen LogP contribution is -2.51. The molecule has 0 bridgehead atoms. The van der Waals surface area contributed by atoms with Crippen LogP contribution in [0.5, 0.6) is 11.5 Å².